The molecule has 28 heavy (non-hydrogen) atoms. The van der Waals surface area contributed by atoms with Crippen LogP contribution in [0.4, 0.5) is 5.69 Å². The molecule has 2 aromatic carbocycles. The second kappa shape index (κ2) is 9.00. The molecule has 0 saturated heterocycles. The maximum atomic E-state index is 12.5. The number of halogens is 2. The number of methoxy groups -OCH3 is 1. The molecule has 7 nitrogen and oxygen atoms in total. The zero-order chi connectivity index (χ0) is 21.1. The monoisotopic (exact) mass is 446 g/mol. The number of amides is 1. The van der Waals surface area contributed by atoms with Gasteiger partial charge < -0.3 is 14.8 Å². The van der Waals surface area contributed by atoms with Crippen molar-refractivity contribution in [3.05, 3.63) is 46.4 Å². The van der Waals surface area contributed by atoms with Crippen LogP contribution in [0.25, 0.3) is 0 Å². The van der Waals surface area contributed by atoms with Gasteiger partial charge in [0.25, 0.3) is 5.91 Å². The Morgan fingerprint density at radius 3 is 2.32 bits per heavy atom. The molecule has 0 aliphatic carbocycles. The summed E-state index contributed by atoms with van der Waals surface area (Å²) in [7, 11) is 0.582. The Morgan fingerprint density at radius 2 is 1.75 bits per heavy atom. The van der Waals surface area contributed by atoms with Crippen molar-refractivity contribution in [1.29, 1.82) is 0 Å². The van der Waals surface area contributed by atoms with Crippen molar-refractivity contribution in [3.8, 4) is 11.5 Å². The van der Waals surface area contributed by atoms with Crippen LogP contribution in [0.5, 0.6) is 11.5 Å². The third kappa shape index (κ3) is 5.08. The van der Waals surface area contributed by atoms with Crippen molar-refractivity contribution in [3.63, 3.8) is 0 Å². The molecule has 1 amide bonds. The minimum Gasteiger partial charge on any atom is -0.495 e. The summed E-state index contributed by atoms with van der Waals surface area (Å²) in [6, 6.07) is 8.84. The lowest BCUT2D eigenvalue weighted by Crippen LogP contribution is -2.30. The summed E-state index contributed by atoms with van der Waals surface area (Å²) >= 11 is 11.9. The van der Waals surface area contributed by atoms with Crippen molar-refractivity contribution in [2.75, 3.05) is 26.5 Å². The zero-order valence-corrected chi connectivity index (χ0v) is 18.0. The van der Waals surface area contributed by atoms with Crippen LogP contribution in [-0.2, 0) is 14.8 Å². The Labute approximate surface area is 174 Å². The van der Waals surface area contributed by atoms with Crippen LogP contribution in [-0.4, -0.2) is 45.9 Å². The molecule has 2 rings (SSSR count). The van der Waals surface area contributed by atoms with Gasteiger partial charge in [0, 0.05) is 19.1 Å². The number of nitrogens with zero attached hydrogens (tertiary/aromatic N) is 1. The predicted octanol–water partition coefficient (Wildman–Crippen LogP) is 3.66. The van der Waals surface area contributed by atoms with Gasteiger partial charge in [-0.2, -0.15) is 0 Å². The third-order valence-corrected chi connectivity index (χ3v) is 6.12. The van der Waals surface area contributed by atoms with Crippen LogP contribution in [0.3, 0.4) is 0 Å². The molecule has 0 spiro atoms. The van der Waals surface area contributed by atoms with E-state index in [4.69, 9.17) is 32.7 Å². The molecule has 0 heterocycles. The largest absolute Gasteiger partial charge is 0.495 e. The van der Waals surface area contributed by atoms with Gasteiger partial charge in [0.1, 0.15) is 11.5 Å². The van der Waals surface area contributed by atoms with E-state index >= 15 is 0 Å². The maximum Gasteiger partial charge on any atom is 0.265 e. The Kier molecular flexibility index (Phi) is 7.16. The van der Waals surface area contributed by atoms with Gasteiger partial charge in [-0.1, -0.05) is 23.2 Å². The summed E-state index contributed by atoms with van der Waals surface area (Å²) in [6.07, 6.45) is -0.919. The fourth-order valence-electron chi connectivity index (χ4n) is 2.21. The Bertz CT molecular complexity index is 980. The van der Waals surface area contributed by atoms with Crippen molar-refractivity contribution in [1.82, 2.24) is 4.31 Å². The first kappa shape index (κ1) is 22.3. The molecule has 2 aromatic rings. The topological polar surface area (TPSA) is 84.9 Å². The molecule has 0 saturated carbocycles. The van der Waals surface area contributed by atoms with E-state index in [2.05, 4.69) is 5.32 Å². The summed E-state index contributed by atoms with van der Waals surface area (Å²) in [5.74, 6) is 0.0936. The van der Waals surface area contributed by atoms with Gasteiger partial charge >= 0.3 is 0 Å². The molecule has 152 valence electrons. The normalized spacial score (nSPS) is 12.5. The van der Waals surface area contributed by atoms with E-state index in [1.54, 1.807) is 12.1 Å². The van der Waals surface area contributed by atoms with Crippen molar-refractivity contribution >= 4 is 44.8 Å². The fraction of sp³-hybridized carbons (Fsp3) is 0.278. The lowest BCUT2D eigenvalue weighted by molar-refractivity contribution is -0.122. The Balaban J connectivity index is 2.24. The lowest BCUT2D eigenvalue weighted by Gasteiger charge is -2.18. The number of benzene rings is 2. The van der Waals surface area contributed by atoms with E-state index in [0.717, 1.165) is 4.31 Å². The molecule has 0 fully saturated rings. The van der Waals surface area contributed by atoms with Gasteiger partial charge in [-0.15, -0.1) is 0 Å². The van der Waals surface area contributed by atoms with E-state index in [1.165, 1.54) is 52.4 Å². The quantitative estimate of drug-likeness (QED) is 0.701. The van der Waals surface area contributed by atoms with Crippen molar-refractivity contribution < 1.29 is 22.7 Å². The molecule has 0 aliphatic heterocycles. The number of carbonyl (C=O) groups excluding carboxylic acids is 1. The average molecular weight is 447 g/mol. The van der Waals surface area contributed by atoms with Gasteiger partial charge in [0.15, 0.2) is 6.10 Å². The highest BCUT2D eigenvalue weighted by molar-refractivity contribution is 7.89. The smallest absolute Gasteiger partial charge is 0.265 e. The molecule has 0 bridgehead atoms. The Morgan fingerprint density at radius 1 is 1.11 bits per heavy atom. The summed E-state index contributed by atoms with van der Waals surface area (Å²) in [5.41, 5.74) is 0.202. The number of hydrogen-bond donors (Lipinski definition) is 1. The highest BCUT2D eigenvalue weighted by atomic mass is 35.5. The third-order valence-electron chi connectivity index (χ3n) is 3.77. The molecular weight excluding hydrogens is 427 g/mol. The van der Waals surface area contributed by atoms with Gasteiger partial charge in [-0.25, -0.2) is 12.7 Å². The van der Waals surface area contributed by atoms with E-state index < -0.39 is 22.0 Å². The van der Waals surface area contributed by atoms with Crippen LogP contribution >= 0.6 is 23.2 Å². The van der Waals surface area contributed by atoms with Gasteiger partial charge in [0.2, 0.25) is 10.0 Å². The van der Waals surface area contributed by atoms with Crippen LogP contribution in [0.15, 0.2) is 41.3 Å². The summed E-state index contributed by atoms with van der Waals surface area (Å²) in [4.78, 5) is 12.6. The number of rotatable bonds is 7. The molecule has 0 aliphatic rings. The molecule has 0 aromatic heterocycles. The first-order valence-electron chi connectivity index (χ1n) is 8.09. The van der Waals surface area contributed by atoms with E-state index in [1.807, 2.05) is 0 Å². The van der Waals surface area contributed by atoms with Gasteiger partial charge in [-0.3, -0.25) is 4.79 Å². The molecule has 10 heteroatoms. The van der Waals surface area contributed by atoms with Gasteiger partial charge in [0.05, 0.1) is 22.7 Å². The fourth-order valence-corrected chi connectivity index (χ4v) is 3.59. The SMILES string of the molecule is COc1ccc(S(=O)(=O)N(C)C)cc1NC(=O)[C@@H](C)Oc1ccc(Cl)cc1Cl. The number of nitrogens with one attached hydrogen (secondary N) is 1. The molecule has 1 N–H and O–H groups in total. The maximum absolute atomic E-state index is 12.5. The minimum atomic E-state index is -3.67. The van der Waals surface area contributed by atoms with Crippen LogP contribution < -0.4 is 14.8 Å². The first-order valence-corrected chi connectivity index (χ1v) is 10.3. The number of ether oxygens (including phenoxy) is 2. The molecular formula is C18H20Cl2N2O5S. The number of sulfonamides is 1. The summed E-state index contributed by atoms with van der Waals surface area (Å²) in [6.45, 7) is 1.53. The first-order chi connectivity index (χ1) is 13.1. The minimum absolute atomic E-state index is 0.0166. The standard InChI is InChI=1S/C18H20Cl2N2O5S/c1-11(27-16-7-5-12(19)9-14(16)20)18(23)21-15-10-13(6-8-17(15)26-4)28(24,25)22(2)3/h5-11H,1-4H3,(H,21,23)/t11-/m1/s1. The van der Waals surface area contributed by atoms with E-state index in [9.17, 15) is 13.2 Å². The number of hydrogen-bond acceptors (Lipinski definition) is 5. The molecule has 0 radical (unpaired) electrons. The number of anilines is 1. The lowest BCUT2D eigenvalue weighted by atomic mass is 10.2. The highest BCUT2D eigenvalue weighted by Gasteiger charge is 2.22. The van der Waals surface area contributed by atoms with Crippen LogP contribution in [0.1, 0.15) is 6.92 Å². The van der Waals surface area contributed by atoms with Crippen molar-refractivity contribution in [2.45, 2.75) is 17.9 Å². The average Bonchev–Trinajstić information content (AvgIpc) is 2.63. The van der Waals surface area contributed by atoms with Gasteiger partial charge in [-0.05, 0) is 43.3 Å². The number of carbonyl (C=O) groups is 1. The van der Waals surface area contributed by atoms with E-state index in [0.29, 0.717) is 16.5 Å². The summed E-state index contributed by atoms with van der Waals surface area (Å²) < 4.78 is 36.5. The molecule has 0 unspecified atom stereocenters. The zero-order valence-electron chi connectivity index (χ0n) is 15.7. The Hall–Kier alpha value is -2.00. The predicted molar refractivity (Wildman–Crippen MR) is 109 cm³/mol. The molecule has 1 atom stereocenters. The second-order valence-corrected chi connectivity index (χ2v) is 8.97. The second-order valence-electron chi connectivity index (χ2n) is 5.97. The summed E-state index contributed by atoms with van der Waals surface area (Å²) in [5, 5.41) is 3.33. The highest BCUT2D eigenvalue weighted by Crippen LogP contribution is 2.30. The van der Waals surface area contributed by atoms with E-state index in [-0.39, 0.29) is 15.6 Å². The van der Waals surface area contributed by atoms with Crippen LogP contribution in [0, 0.1) is 0 Å². The van der Waals surface area contributed by atoms with Crippen LogP contribution in [0.2, 0.25) is 10.0 Å². The van der Waals surface area contributed by atoms with Crippen molar-refractivity contribution in [2.24, 2.45) is 0 Å².